The third-order valence-electron chi connectivity index (χ3n) is 2.29. The van der Waals surface area contributed by atoms with Crippen molar-refractivity contribution in [1.29, 1.82) is 0 Å². The topological polar surface area (TPSA) is 75.6 Å². The van der Waals surface area contributed by atoms with Gasteiger partial charge in [-0.15, -0.1) is 0 Å². The number of aliphatic carboxylic acids is 1. The minimum absolute atomic E-state index is 0.168. The Morgan fingerprint density at radius 3 is 2.65 bits per heavy atom. The van der Waals surface area contributed by atoms with Gasteiger partial charge in [-0.25, -0.2) is 4.79 Å². The molecule has 2 N–H and O–H groups in total. The van der Waals surface area contributed by atoms with Crippen molar-refractivity contribution in [3.05, 3.63) is 35.5 Å². The highest BCUT2D eigenvalue weighted by Crippen LogP contribution is 2.16. The van der Waals surface area contributed by atoms with Crippen LogP contribution in [0.4, 0.5) is 0 Å². The fraction of sp³-hybridized carbons (Fsp3) is 0.333. The summed E-state index contributed by atoms with van der Waals surface area (Å²) >= 11 is 0. The van der Waals surface area contributed by atoms with Crippen LogP contribution in [0.3, 0.4) is 0 Å². The van der Waals surface area contributed by atoms with Gasteiger partial charge in [0, 0.05) is 6.92 Å². The molecule has 0 aliphatic carbocycles. The first-order chi connectivity index (χ1) is 9.38. The largest absolute Gasteiger partial charge is 0.493 e. The van der Waals surface area contributed by atoms with E-state index in [-0.39, 0.29) is 5.70 Å². The van der Waals surface area contributed by atoms with Crippen LogP contribution in [0.2, 0.25) is 0 Å². The van der Waals surface area contributed by atoms with Gasteiger partial charge in [0.2, 0.25) is 5.91 Å². The Morgan fingerprint density at radius 1 is 1.40 bits per heavy atom. The van der Waals surface area contributed by atoms with Crippen LogP contribution in [0.5, 0.6) is 5.75 Å². The van der Waals surface area contributed by atoms with E-state index in [2.05, 4.69) is 5.32 Å². The average Bonchev–Trinajstić information content (AvgIpc) is 2.35. The standard InChI is InChI=1S/C15H19NO4/c1-10(2)9-20-13-6-4-5-12(7-13)8-14(15(18)19)16-11(3)17/h4-8,10H,9H2,1-3H3,(H,16,17)(H,18,19)/b14-8-. The van der Waals surface area contributed by atoms with E-state index in [0.717, 1.165) is 0 Å². The molecule has 20 heavy (non-hydrogen) atoms. The minimum Gasteiger partial charge on any atom is -0.493 e. The molecule has 0 aromatic heterocycles. The fourth-order valence-corrected chi connectivity index (χ4v) is 1.46. The molecule has 108 valence electrons. The predicted octanol–water partition coefficient (Wildman–Crippen LogP) is 2.28. The second-order valence-electron chi connectivity index (χ2n) is 4.82. The molecule has 1 rings (SSSR count). The maximum Gasteiger partial charge on any atom is 0.352 e. The normalized spacial score (nSPS) is 11.3. The third kappa shape index (κ3) is 5.56. The number of nitrogens with one attached hydrogen (secondary N) is 1. The molecule has 0 atom stereocenters. The number of carboxylic acid groups (broad SMARTS) is 1. The van der Waals surface area contributed by atoms with Gasteiger partial charge in [0.1, 0.15) is 11.4 Å². The van der Waals surface area contributed by atoms with Crippen molar-refractivity contribution in [2.45, 2.75) is 20.8 Å². The Hall–Kier alpha value is -2.30. The summed E-state index contributed by atoms with van der Waals surface area (Å²) in [5.41, 5.74) is 0.482. The second kappa shape index (κ2) is 7.33. The van der Waals surface area contributed by atoms with E-state index in [1.54, 1.807) is 24.3 Å². The van der Waals surface area contributed by atoms with E-state index in [9.17, 15) is 9.59 Å². The summed E-state index contributed by atoms with van der Waals surface area (Å²) in [6, 6.07) is 7.05. The number of carbonyl (C=O) groups excluding carboxylic acids is 1. The first kappa shape index (κ1) is 15.8. The van der Waals surface area contributed by atoms with E-state index in [0.29, 0.717) is 23.8 Å². The van der Waals surface area contributed by atoms with Crippen molar-refractivity contribution < 1.29 is 19.4 Å². The lowest BCUT2D eigenvalue weighted by molar-refractivity contribution is -0.134. The molecule has 0 radical (unpaired) electrons. The molecule has 5 nitrogen and oxygen atoms in total. The summed E-state index contributed by atoms with van der Waals surface area (Å²) in [5.74, 6) is -0.539. The van der Waals surface area contributed by atoms with E-state index < -0.39 is 11.9 Å². The molecule has 0 fully saturated rings. The lowest BCUT2D eigenvalue weighted by Gasteiger charge is -2.09. The van der Waals surface area contributed by atoms with Gasteiger partial charge in [0.05, 0.1) is 6.61 Å². The molecule has 0 spiro atoms. The summed E-state index contributed by atoms with van der Waals surface area (Å²) in [6.07, 6.45) is 1.39. The van der Waals surface area contributed by atoms with Crippen molar-refractivity contribution in [3.8, 4) is 5.75 Å². The van der Waals surface area contributed by atoms with Crippen LogP contribution in [0.25, 0.3) is 6.08 Å². The predicted molar refractivity (Wildman–Crippen MR) is 76.2 cm³/mol. The Morgan fingerprint density at radius 2 is 2.10 bits per heavy atom. The van der Waals surface area contributed by atoms with E-state index >= 15 is 0 Å². The van der Waals surface area contributed by atoms with Crippen molar-refractivity contribution in [2.75, 3.05) is 6.61 Å². The number of rotatable bonds is 6. The summed E-state index contributed by atoms with van der Waals surface area (Å²) in [4.78, 5) is 22.0. The fourth-order valence-electron chi connectivity index (χ4n) is 1.46. The molecule has 5 heteroatoms. The molecule has 1 aromatic rings. The van der Waals surface area contributed by atoms with Crippen LogP contribution >= 0.6 is 0 Å². The minimum atomic E-state index is -1.19. The highest BCUT2D eigenvalue weighted by atomic mass is 16.5. The smallest absolute Gasteiger partial charge is 0.352 e. The lowest BCUT2D eigenvalue weighted by atomic mass is 10.1. The SMILES string of the molecule is CC(=O)N/C(=C\c1cccc(OCC(C)C)c1)C(=O)O. The Bertz CT molecular complexity index is 520. The van der Waals surface area contributed by atoms with Crippen LogP contribution in [0.15, 0.2) is 30.0 Å². The van der Waals surface area contributed by atoms with Crippen LogP contribution in [-0.2, 0) is 9.59 Å². The van der Waals surface area contributed by atoms with Crippen LogP contribution in [0, 0.1) is 5.92 Å². The van der Waals surface area contributed by atoms with E-state index in [1.807, 2.05) is 13.8 Å². The quantitative estimate of drug-likeness (QED) is 0.782. The molecule has 0 saturated heterocycles. The van der Waals surface area contributed by atoms with Gasteiger partial charge < -0.3 is 15.2 Å². The summed E-state index contributed by atoms with van der Waals surface area (Å²) < 4.78 is 5.57. The Kier molecular flexibility index (Phi) is 5.77. The molecular formula is C15H19NO4. The van der Waals surface area contributed by atoms with Crippen LogP contribution in [-0.4, -0.2) is 23.6 Å². The maximum atomic E-state index is 11.0. The van der Waals surface area contributed by atoms with Gasteiger partial charge >= 0.3 is 5.97 Å². The zero-order chi connectivity index (χ0) is 15.1. The summed E-state index contributed by atoms with van der Waals surface area (Å²) in [7, 11) is 0. The molecule has 0 aliphatic heterocycles. The molecular weight excluding hydrogens is 258 g/mol. The molecule has 0 bridgehead atoms. The van der Waals surface area contributed by atoms with Crippen molar-refractivity contribution >= 4 is 18.0 Å². The number of benzene rings is 1. The van der Waals surface area contributed by atoms with Crippen molar-refractivity contribution in [2.24, 2.45) is 5.92 Å². The Labute approximate surface area is 118 Å². The first-order valence-corrected chi connectivity index (χ1v) is 6.34. The molecule has 0 unspecified atom stereocenters. The maximum absolute atomic E-state index is 11.0. The number of amides is 1. The van der Waals surface area contributed by atoms with E-state index in [4.69, 9.17) is 9.84 Å². The number of carbonyl (C=O) groups is 2. The molecule has 1 aromatic carbocycles. The van der Waals surface area contributed by atoms with Crippen molar-refractivity contribution in [1.82, 2.24) is 5.32 Å². The number of hydrogen-bond donors (Lipinski definition) is 2. The zero-order valence-electron chi connectivity index (χ0n) is 11.8. The van der Waals surface area contributed by atoms with Crippen LogP contribution < -0.4 is 10.1 Å². The van der Waals surface area contributed by atoms with Crippen molar-refractivity contribution in [3.63, 3.8) is 0 Å². The van der Waals surface area contributed by atoms with Gasteiger partial charge in [-0.1, -0.05) is 26.0 Å². The van der Waals surface area contributed by atoms with Gasteiger partial charge in [-0.2, -0.15) is 0 Å². The summed E-state index contributed by atoms with van der Waals surface area (Å²) in [6.45, 7) is 5.94. The highest BCUT2D eigenvalue weighted by Gasteiger charge is 2.09. The van der Waals surface area contributed by atoms with E-state index in [1.165, 1.54) is 13.0 Å². The molecule has 1 amide bonds. The molecule has 0 heterocycles. The second-order valence-corrected chi connectivity index (χ2v) is 4.82. The average molecular weight is 277 g/mol. The van der Waals surface area contributed by atoms with Gasteiger partial charge in [0.15, 0.2) is 0 Å². The van der Waals surface area contributed by atoms with Crippen LogP contribution in [0.1, 0.15) is 26.3 Å². The number of carboxylic acids is 1. The lowest BCUT2D eigenvalue weighted by Crippen LogP contribution is -2.24. The third-order valence-corrected chi connectivity index (χ3v) is 2.29. The molecule has 0 aliphatic rings. The molecule has 0 saturated carbocycles. The van der Waals surface area contributed by atoms with Gasteiger partial charge in [0.25, 0.3) is 0 Å². The van der Waals surface area contributed by atoms with Gasteiger partial charge in [-0.05, 0) is 29.7 Å². The monoisotopic (exact) mass is 277 g/mol. The van der Waals surface area contributed by atoms with Gasteiger partial charge in [-0.3, -0.25) is 4.79 Å². The number of ether oxygens (including phenoxy) is 1. The first-order valence-electron chi connectivity index (χ1n) is 6.34. The summed E-state index contributed by atoms with van der Waals surface area (Å²) in [5, 5.41) is 11.3. The highest BCUT2D eigenvalue weighted by molar-refractivity contribution is 5.96. The zero-order valence-corrected chi connectivity index (χ0v) is 11.8. The number of hydrogen-bond acceptors (Lipinski definition) is 3. The Balaban J connectivity index is 2.91.